The van der Waals surface area contributed by atoms with Gasteiger partial charge < -0.3 is 14.5 Å². The zero-order valence-electron chi connectivity index (χ0n) is 10.7. The molecule has 0 saturated carbocycles. The molecule has 2 aromatic rings. The van der Waals surface area contributed by atoms with Crippen molar-refractivity contribution >= 4 is 0 Å². The Morgan fingerprint density at radius 3 is 2.72 bits per heavy atom. The zero-order valence-corrected chi connectivity index (χ0v) is 10.7. The second-order valence-electron chi connectivity index (χ2n) is 4.08. The molecule has 1 atom stereocenters. The summed E-state index contributed by atoms with van der Waals surface area (Å²) >= 11 is 0. The molecule has 0 radical (unpaired) electrons. The lowest BCUT2D eigenvalue weighted by Crippen LogP contribution is -2.18. The van der Waals surface area contributed by atoms with Gasteiger partial charge in [0.05, 0.1) is 19.4 Å². The first-order chi connectivity index (χ1) is 8.67. The maximum Gasteiger partial charge on any atom is 0.170 e. The van der Waals surface area contributed by atoms with E-state index in [0.29, 0.717) is 5.56 Å². The summed E-state index contributed by atoms with van der Waals surface area (Å²) in [6.07, 6.45) is 1.63. The monoisotopic (exact) mass is 249 g/mol. The Balaban J connectivity index is 2.45. The molecule has 1 aromatic heterocycles. The van der Waals surface area contributed by atoms with E-state index in [-0.39, 0.29) is 17.6 Å². The van der Waals surface area contributed by atoms with E-state index in [1.807, 2.05) is 13.0 Å². The van der Waals surface area contributed by atoms with Gasteiger partial charge >= 0.3 is 0 Å². The number of aryl methyl sites for hydroxylation is 1. The average Bonchev–Trinajstić information content (AvgIpc) is 2.79. The van der Waals surface area contributed by atoms with Crippen LogP contribution < -0.4 is 10.1 Å². The molecule has 4 heteroatoms. The minimum Gasteiger partial charge on any atom is -0.494 e. The molecule has 18 heavy (non-hydrogen) atoms. The average molecular weight is 249 g/mol. The van der Waals surface area contributed by atoms with Gasteiger partial charge in [0.2, 0.25) is 0 Å². The van der Waals surface area contributed by atoms with Crippen molar-refractivity contribution in [2.45, 2.75) is 13.0 Å². The maximum atomic E-state index is 14.2. The molecule has 1 unspecified atom stereocenters. The van der Waals surface area contributed by atoms with Gasteiger partial charge in [0, 0.05) is 11.1 Å². The van der Waals surface area contributed by atoms with Gasteiger partial charge in [-0.05, 0) is 26.1 Å². The number of hydrogen-bond donors (Lipinski definition) is 1. The molecular formula is C14H16FNO2. The third-order valence-corrected chi connectivity index (χ3v) is 2.90. The highest BCUT2D eigenvalue weighted by Gasteiger charge is 2.20. The molecule has 0 aliphatic carbocycles. The molecule has 3 nitrogen and oxygen atoms in total. The summed E-state index contributed by atoms with van der Waals surface area (Å²) in [6, 6.07) is 6.75. The van der Waals surface area contributed by atoms with E-state index in [9.17, 15) is 4.39 Å². The summed E-state index contributed by atoms with van der Waals surface area (Å²) in [6.45, 7) is 1.86. The molecular weight excluding hydrogens is 233 g/mol. The lowest BCUT2D eigenvalue weighted by Gasteiger charge is -2.16. The van der Waals surface area contributed by atoms with E-state index in [1.165, 1.54) is 7.11 Å². The Morgan fingerprint density at radius 2 is 2.17 bits per heavy atom. The Morgan fingerprint density at radius 1 is 1.39 bits per heavy atom. The standard InChI is InChI=1S/C14H16FNO2/c1-9-7-10(8-18-9)14(16-2)11-5-4-6-12(17-3)13(11)15/h4-8,14,16H,1-3H3. The van der Waals surface area contributed by atoms with Crippen molar-refractivity contribution in [3.8, 4) is 5.75 Å². The fraction of sp³-hybridized carbons (Fsp3) is 0.286. The number of furan rings is 1. The molecule has 96 valence electrons. The van der Waals surface area contributed by atoms with Crippen molar-refractivity contribution in [1.82, 2.24) is 5.32 Å². The normalized spacial score (nSPS) is 12.4. The smallest absolute Gasteiger partial charge is 0.170 e. The molecule has 0 aliphatic rings. The first kappa shape index (κ1) is 12.6. The van der Waals surface area contributed by atoms with E-state index in [4.69, 9.17) is 9.15 Å². The summed E-state index contributed by atoms with van der Waals surface area (Å²) in [5, 5.41) is 3.08. The van der Waals surface area contributed by atoms with Crippen LogP contribution in [0.2, 0.25) is 0 Å². The molecule has 1 N–H and O–H groups in total. The van der Waals surface area contributed by atoms with Crippen LogP contribution >= 0.6 is 0 Å². The van der Waals surface area contributed by atoms with Crippen molar-refractivity contribution in [2.75, 3.05) is 14.2 Å². The molecule has 0 bridgehead atoms. The van der Waals surface area contributed by atoms with Gasteiger partial charge in [-0.3, -0.25) is 0 Å². The highest BCUT2D eigenvalue weighted by molar-refractivity contribution is 5.38. The first-order valence-corrected chi connectivity index (χ1v) is 5.72. The third-order valence-electron chi connectivity index (χ3n) is 2.90. The lowest BCUT2D eigenvalue weighted by atomic mass is 10.00. The summed E-state index contributed by atoms with van der Waals surface area (Å²) < 4.78 is 24.5. The molecule has 1 heterocycles. The van der Waals surface area contributed by atoms with Crippen LogP contribution in [-0.2, 0) is 0 Å². The Hall–Kier alpha value is -1.81. The molecule has 0 saturated heterocycles. The largest absolute Gasteiger partial charge is 0.494 e. The highest BCUT2D eigenvalue weighted by Crippen LogP contribution is 2.29. The van der Waals surface area contributed by atoms with Gasteiger partial charge in [0.15, 0.2) is 11.6 Å². The molecule has 0 aliphatic heterocycles. The predicted octanol–water partition coefficient (Wildman–Crippen LogP) is 3.04. The summed E-state index contributed by atoms with van der Waals surface area (Å²) in [7, 11) is 3.24. The first-order valence-electron chi connectivity index (χ1n) is 5.72. The van der Waals surface area contributed by atoms with Crippen molar-refractivity contribution in [2.24, 2.45) is 0 Å². The van der Waals surface area contributed by atoms with Gasteiger partial charge in [-0.1, -0.05) is 12.1 Å². The van der Waals surface area contributed by atoms with Crippen molar-refractivity contribution in [3.63, 3.8) is 0 Å². The van der Waals surface area contributed by atoms with E-state index in [2.05, 4.69) is 5.32 Å². The van der Waals surface area contributed by atoms with Crippen molar-refractivity contribution in [1.29, 1.82) is 0 Å². The number of halogens is 1. The lowest BCUT2D eigenvalue weighted by molar-refractivity contribution is 0.382. The van der Waals surface area contributed by atoms with Gasteiger partial charge in [0.25, 0.3) is 0 Å². The van der Waals surface area contributed by atoms with Crippen molar-refractivity contribution in [3.05, 3.63) is 53.2 Å². The SMILES string of the molecule is CNC(c1coc(C)c1)c1cccc(OC)c1F. The topological polar surface area (TPSA) is 34.4 Å². The molecule has 0 amide bonds. The van der Waals surface area contributed by atoms with Crippen LogP contribution in [0.5, 0.6) is 5.75 Å². The van der Waals surface area contributed by atoms with Gasteiger partial charge in [0.1, 0.15) is 5.76 Å². The summed E-state index contributed by atoms with van der Waals surface area (Å²) in [5.41, 5.74) is 1.43. The fourth-order valence-corrected chi connectivity index (χ4v) is 2.03. The second-order valence-corrected chi connectivity index (χ2v) is 4.08. The zero-order chi connectivity index (χ0) is 13.1. The number of ether oxygens (including phenoxy) is 1. The third kappa shape index (κ3) is 2.24. The summed E-state index contributed by atoms with van der Waals surface area (Å²) in [4.78, 5) is 0. The van der Waals surface area contributed by atoms with Crippen molar-refractivity contribution < 1.29 is 13.5 Å². The van der Waals surface area contributed by atoms with Gasteiger partial charge in [-0.25, -0.2) is 4.39 Å². The molecule has 1 aromatic carbocycles. The minimum atomic E-state index is -0.349. The molecule has 2 rings (SSSR count). The Kier molecular flexibility index (Phi) is 3.67. The van der Waals surface area contributed by atoms with E-state index in [1.54, 1.807) is 31.5 Å². The van der Waals surface area contributed by atoms with E-state index in [0.717, 1.165) is 11.3 Å². The number of nitrogens with one attached hydrogen (secondary N) is 1. The summed E-state index contributed by atoms with van der Waals surface area (Å²) in [5.74, 6) is 0.694. The van der Waals surface area contributed by atoms with Crippen LogP contribution in [0.4, 0.5) is 4.39 Å². The number of methoxy groups -OCH3 is 1. The van der Waals surface area contributed by atoms with Crippen LogP contribution in [0, 0.1) is 12.7 Å². The van der Waals surface area contributed by atoms with Crippen LogP contribution in [-0.4, -0.2) is 14.2 Å². The van der Waals surface area contributed by atoms with Gasteiger partial charge in [-0.15, -0.1) is 0 Å². The Labute approximate surface area is 106 Å². The fourth-order valence-electron chi connectivity index (χ4n) is 2.03. The quantitative estimate of drug-likeness (QED) is 0.904. The minimum absolute atomic E-state index is 0.243. The Bertz CT molecular complexity index is 536. The second kappa shape index (κ2) is 5.23. The highest BCUT2D eigenvalue weighted by atomic mass is 19.1. The predicted molar refractivity (Wildman–Crippen MR) is 67.3 cm³/mol. The van der Waals surface area contributed by atoms with Crippen LogP contribution in [0.3, 0.4) is 0 Å². The maximum absolute atomic E-state index is 14.2. The van der Waals surface area contributed by atoms with E-state index < -0.39 is 0 Å². The van der Waals surface area contributed by atoms with Crippen LogP contribution in [0.1, 0.15) is 22.9 Å². The molecule has 0 fully saturated rings. The number of rotatable bonds is 4. The molecule has 0 spiro atoms. The number of hydrogen-bond acceptors (Lipinski definition) is 3. The van der Waals surface area contributed by atoms with E-state index >= 15 is 0 Å². The van der Waals surface area contributed by atoms with Crippen LogP contribution in [0.15, 0.2) is 34.9 Å². The van der Waals surface area contributed by atoms with Gasteiger partial charge in [-0.2, -0.15) is 0 Å². The van der Waals surface area contributed by atoms with Crippen LogP contribution in [0.25, 0.3) is 0 Å². The number of benzene rings is 1.